The summed E-state index contributed by atoms with van der Waals surface area (Å²) in [6.45, 7) is 3.18. The second-order valence-corrected chi connectivity index (χ2v) is 4.50. The molecule has 19 heavy (non-hydrogen) atoms. The molecule has 0 saturated heterocycles. The maximum absolute atomic E-state index is 11.4. The van der Waals surface area contributed by atoms with Crippen LogP contribution in [0.5, 0.6) is 0 Å². The number of ether oxygens (including phenoxy) is 1. The highest BCUT2D eigenvalue weighted by Gasteiger charge is 2.11. The van der Waals surface area contributed by atoms with Crippen molar-refractivity contribution in [1.29, 1.82) is 0 Å². The Bertz CT molecular complexity index is 456. The Kier molecular flexibility index (Phi) is 6.31. The molecule has 0 spiro atoms. The third kappa shape index (κ3) is 6.37. The molecule has 6 nitrogen and oxygen atoms in total. The molecule has 1 aromatic rings. The van der Waals surface area contributed by atoms with E-state index < -0.39 is 24.5 Å². The summed E-state index contributed by atoms with van der Waals surface area (Å²) in [5.74, 6) is -1.19. The van der Waals surface area contributed by atoms with Gasteiger partial charge in [0.1, 0.15) is 0 Å². The molecule has 1 rings (SSSR count). The molecule has 0 aliphatic carbocycles. The van der Waals surface area contributed by atoms with Crippen molar-refractivity contribution in [3.05, 3.63) is 35.0 Å². The molecule has 1 aromatic heterocycles. The molecule has 0 atom stereocenters. The lowest BCUT2D eigenvalue weighted by atomic mass is 10.3. The fourth-order valence-electron chi connectivity index (χ4n) is 1.12. The van der Waals surface area contributed by atoms with Gasteiger partial charge in [-0.25, -0.2) is 4.79 Å². The maximum Gasteiger partial charge on any atom is 0.321 e. The van der Waals surface area contributed by atoms with Crippen molar-refractivity contribution >= 4 is 29.2 Å². The van der Waals surface area contributed by atoms with E-state index in [0.717, 1.165) is 4.88 Å². The number of carbonyl (C=O) groups is 3. The van der Waals surface area contributed by atoms with E-state index in [1.54, 1.807) is 6.07 Å². The van der Waals surface area contributed by atoms with Crippen LogP contribution in [0.4, 0.5) is 4.79 Å². The van der Waals surface area contributed by atoms with E-state index in [2.05, 4.69) is 11.9 Å². The second-order valence-electron chi connectivity index (χ2n) is 3.46. The highest BCUT2D eigenvalue weighted by atomic mass is 32.1. The van der Waals surface area contributed by atoms with Crippen molar-refractivity contribution in [2.75, 3.05) is 13.2 Å². The normalized spacial score (nSPS) is 9.47. The van der Waals surface area contributed by atoms with Crippen molar-refractivity contribution in [2.24, 2.45) is 0 Å². The van der Waals surface area contributed by atoms with Crippen molar-refractivity contribution < 1.29 is 19.1 Å². The average Bonchev–Trinajstić information content (AvgIpc) is 2.86. The van der Waals surface area contributed by atoms with Crippen LogP contribution in [0.15, 0.2) is 30.2 Å². The number of esters is 1. The van der Waals surface area contributed by atoms with Crippen molar-refractivity contribution in [2.45, 2.75) is 6.42 Å². The van der Waals surface area contributed by atoms with E-state index in [4.69, 9.17) is 4.74 Å². The molecule has 0 radical (unpaired) electrons. The summed E-state index contributed by atoms with van der Waals surface area (Å²) in [4.78, 5) is 34.6. The molecular formula is C12H14N2O4S. The molecule has 0 aromatic carbocycles. The first-order valence-corrected chi connectivity index (χ1v) is 6.36. The van der Waals surface area contributed by atoms with Crippen LogP contribution < -0.4 is 10.6 Å². The minimum atomic E-state index is -0.680. The topological polar surface area (TPSA) is 84.5 Å². The van der Waals surface area contributed by atoms with Crippen LogP contribution in [0.25, 0.3) is 0 Å². The Morgan fingerprint density at radius 3 is 2.84 bits per heavy atom. The van der Waals surface area contributed by atoms with Crippen molar-refractivity contribution in [3.63, 3.8) is 0 Å². The predicted octanol–water partition coefficient (Wildman–Crippen LogP) is 0.846. The first-order chi connectivity index (χ1) is 9.11. The smallest absolute Gasteiger partial charge is 0.321 e. The molecule has 3 amide bonds. The predicted molar refractivity (Wildman–Crippen MR) is 70.7 cm³/mol. The zero-order chi connectivity index (χ0) is 14.1. The van der Waals surface area contributed by atoms with Crippen LogP contribution in [0, 0.1) is 0 Å². The summed E-state index contributed by atoms with van der Waals surface area (Å²) < 4.78 is 4.74. The van der Waals surface area contributed by atoms with Crippen LogP contribution in [0.2, 0.25) is 0 Å². The lowest BCUT2D eigenvalue weighted by molar-refractivity contribution is -0.147. The molecule has 0 bridgehead atoms. The maximum atomic E-state index is 11.4. The molecule has 0 fully saturated rings. The van der Waals surface area contributed by atoms with E-state index in [1.807, 2.05) is 16.8 Å². The molecule has 102 valence electrons. The monoisotopic (exact) mass is 282 g/mol. The Labute approximate surface area is 114 Å². The Hall–Kier alpha value is -2.15. The van der Waals surface area contributed by atoms with Gasteiger partial charge < -0.3 is 10.1 Å². The van der Waals surface area contributed by atoms with Crippen LogP contribution in [-0.2, 0) is 20.7 Å². The lowest BCUT2D eigenvalue weighted by Crippen LogP contribution is -2.41. The summed E-state index contributed by atoms with van der Waals surface area (Å²) in [6, 6.07) is 2.97. The number of amides is 3. The fourth-order valence-corrected chi connectivity index (χ4v) is 1.81. The summed E-state index contributed by atoms with van der Waals surface area (Å²) >= 11 is 1.43. The van der Waals surface area contributed by atoms with Gasteiger partial charge in [0, 0.05) is 11.4 Å². The van der Waals surface area contributed by atoms with Gasteiger partial charge in [-0.2, -0.15) is 0 Å². The molecule has 2 N–H and O–H groups in total. The average molecular weight is 282 g/mol. The van der Waals surface area contributed by atoms with Gasteiger partial charge in [0.05, 0.1) is 6.42 Å². The largest absolute Gasteiger partial charge is 0.455 e. The van der Waals surface area contributed by atoms with Gasteiger partial charge in [0.25, 0.3) is 5.91 Å². The van der Waals surface area contributed by atoms with E-state index in [1.165, 1.54) is 17.4 Å². The van der Waals surface area contributed by atoms with Gasteiger partial charge in [0.2, 0.25) is 0 Å². The first kappa shape index (κ1) is 14.9. The number of rotatable bonds is 6. The number of urea groups is 1. The van der Waals surface area contributed by atoms with Crippen LogP contribution in [-0.4, -0.2) is 31.1 Å². The van der Waals surface area contributed by atoms with Crippen molar-refractivity contribution in [3.8, 4) is 0 Å². The standard InChI is InChI=1S/C12H14N2O4S/c1-2-5-13-12(17)14-10(15)8-18-11(16)7-9-4-3-6-19-9/h2-4,6H,1,5,7-8H2,(H2,13,14,15,17). The third-order valence-corrected chi connectivity index (χ3v) is 2.80. The Balaban J connectivity index is 2.20. The van der Waals surface area contributed by atoms with Gasteiger partial charge in [-0.3, -0.25) is 14.9 Å². The highest BCUT2D eigenvalue weighted by Crippen LogP contribution is 2.09. The Morgan fingerprint density at radius 2 is 2.21 bits per heavy atom. The zero-order valence-corrected chi connectivity index (χ0v) is 11.0. The number of nitrogens with one attached hydrogen (secondary N) is 2. The van der Waals surface area contributed by atoms with Crippen molar-refractivity contribution in [1.82, 2.24) is 10.6 Å². The molecule has 0 saturated carbocycles. The van der Waals surface area contributed by atoms with E-state index >= 15 is 0 Å². The van der Waals surface area contributed by atoms with Gasteiger partial charge in [0.15, 0.2) is 6.61 Å². The summed E-state index contributed by atoms with van der Waals surface area (Å²) in [5, 5.41) is 6.22. The molecule has 7 heteroatoms. The van der Waals surface area contributed by atoms with Crippen LogP contribution >= 0.6 is 11.3 Å². The summed E-state index contributed by atoms with van der Waals surface area (Å²) in [5.41, 5.74) is 0. The number of hydrogen-bond donors (Lipinski definition) is 2. The van der Waals surface area contributed by atoms with Crippen LogP contribution in [0.1, 0.15) is 4.88 Å². The number of imide groups is 1. The molecule has 0 aliphatic heterocycles. The molecule has 0 unspecified atom stereocenters. The van der Waals surface area contributed by atoms with E-state index in [-0.39, 0.29) is 13.0 Å². The summed E-state index contributed by atoms with van der Waals surface area (Å²) in [7, 11) is 0. The molecule has 0 aliphatic rings. The highest BCUT2D eigenvalue weighted by molar-refractivity contribution is 7.10. The second kappa shape index (κ2) is 8.04. The number of thiophene rings is 1. The quantitative estimate of drug-likeness (QED) is 0.598. The van der Waals surface area contributed by atoms with Gasteiger partial charge in [-0.05, 0) is 11.4 Å². The fraction of sp³-hybridized carbons (Fsp3) is 0.250. The molecular weight excluding hydrogens is 268 g/mol. The van der Waals surface area contributed by atoms with Gasteiger partial charge in [-0.1, -0.05) is 12.1 Å². The zero-order valence-electron chi connectivity index (χ0n) is 10.2. The molecule has 1 heterocycles. The van der Waals surface area contributed by atoms with E-state index in [9.17, 15) is 14.4 Å². The Morgan fingerprint density at radius 1 is 1.42 bits per heavy atom. The van der Waals surface area contributed by atoms with Gasteiger partial charge in [-0.15, -0.1) is 17.9 Å². The minimum Gasteiger partial charge on any atom is -0.455 e. The lowest BCUT2D eigenvalue weighted by Gasteiger charge is -2.05. The third-order valence-electron chi connectivity index (χ3n) is 1.92. The number of carbonyl (C=O) groups excluding carboxylic acids is 3. The first-order valence-electron chi connectivity index (χ1n) is 5.48. The minimum absolute atomic E-state index is 0.119. The summed E-state index contributed by atoms with van der Waals surface area (Å²) in [6.07, 6.45) is 1.60. The van der Waals surface area contributed by atoms with Crippen LogP contribution in [0.3, 0.4) is 0 Å². The number of hydrogen-bond acceptors (Lipinski definition) is 5. The SMILES string of the molecule is C=CCNC(=O)NC(=O)COC(=O)Cc1cccs1. The van der Waals surface area contributed by atoms with E-state index in [0.29, 0.717) is 0 Å². The van der Waals surface area contributed by atoms with Gasteiger partial charge >= 0.3 is 12.0 Å².